The van der Waals surface area contributed by atoms with Crippen molar-refractivity contribution in [3.63, 3.8) is 0 Å². The van der Waals surface area contributed by atoms with Gasteiger partial charge in [0.2, 0.25) is 5.91 Å². The zero-order valence-corrected chi connectivity index (χ0v) is 10.8. The molecule has 0 bridgehead atoms. The number of rotatable bonds is 7. The highest BCUT2D eigenvalue weighted by atomic mass is 16.1. The molecular weight excluding hydrogens is 230 g/mol. The van der Waals surface area contributed by atoms with E-state index in [1.54, 1.807) is 0 Å². The van der Waals surface area contributed by atoms with Crippen LogP contribution in [0.4, 0.5) is 0 Å². The third-order valence-corrected chi connectivity index (χ3v) is 3.54. The molecule has 18 heavy (non-hydrogen) atoms. The number of carbonyl (C=O) groups excluding carboxylic acids is 1. The van der Waals surface area contributed by atoms with Crippen LogP contribution >= 0.6 is 0 Å². The first-order chi connectivity index (χ1) is 8.75. The minimum absolute atomic E-state index is 0.228. The first-order valence-electron chi connectivity index (χ1n) is 6.79. The summed E-state index contributed by atoms with van der Waals surface area (Å²) in [5, 5.41) is 6.68. The molecule has 1 rings (SSSR count). The number of amides is 1. The topological polar surface area (TPSA) is 104 Å². The van der Waals surface area contributed by atoms with Crippen LogP contribution in [0.15, 0.2) is 5.11 Å². The van der Waals surface area contributed by atoms with Gasteiger partial charge in [0.1, 0.15) is 0 Å². The lowest BCUT2D eigenvalue weighted by molar-refractivity contribution is -0.121. The molecule has 6 nitrogen and oxygen atoms in total. The summed E-state index contributed by atoms with van der Waals surface area (Å²) in [6, 6.07) is -0.228. The van der Waals surface area contributed by atoms with Crippen LogP contribution in [0.5, 0.6) is 0 Å². The van der Waals surface area contributed by atoms with E-state index >= 15 is 0 Å². The molecule has 0 radical (unpaired) electrons. The molecule has 0 heterocycles. The molecule has 102 valence electrons. The van der Waals surface area contributed by atoms with Crippen molar-refractivity contribution in [1.29, 1.82) is 0 Å². The Labute approximate surface area is 108 Å². The summed E-state index contributed by atoms with van der Waals surface area (Å²) < 4.78 is 0. The Hall–Kier alpha value is -1.26. The largest absolute Gasteiger partial charge is 0.368 e. The molecule has 0 aromatic heterocycles. The van der Waals surface area contributed by atoms with Gasteiger partial charge >= 0.3 is 0 Å². The number of nitrogens with one attached hydrogen (secondary N) is 1. The summed E-state index contributed by atoms with van der Waals surface area (Å²) in [5.74, 6) is 0.107. The van der Waals surface area contributed by atoms with Crippen LogP contribution in [0, 0.1) is 5.92 Å². The quantitative estimate of drug-likeness (QED) is 0.238. The number of hydrogen-bond donors (Lipinski definition) is 2. The monoisotopic (exact) mass is 253 g/mol. The molecule has 6 heteroatoms. The van der Waals surface area contributed by atoms with Crippen molar-refractivity contribution < 1.29 is 4.79 Å². The van der Waals surface area contributed by atoms with Crippen molar-refractivity contribution in [2.45, 2.75) is 51.0 Å². The van der Waals surface area contributed by atoms with Crippen molar-refractivity contribution in [2.24, 2.45) is 16.8 Å². The average molecular weight is 253 g/mol. The van der Waals surface area contributed by atoms with Gasteiger partial charge in [0.25, 0.3) is 0 Å². The Bertz CT molecular complexity index is 293. The summed E-state index contributed by atoms with van der Waals surface area (Å²) in [4.78, 5) is 14.2. The second-order valence-corrected chi connectivity index (χ2v) is 4.89. The third kappa shape index (κ3) is 5.38. The van der Waals surface area contributed by atoms with Crippen LogP contribution in [-0.4, -0.2) is 25.0 Å². The number of carbonyl (C=O) groups is 1. The Kier molecular flexibility index (Phi) is 7.22. The maximum atomic E-state index is 11.5. The van der Waals surface area contributed by atoms with E-state index in [1.165, 1.54) is 25.7 Å². The normalized spacial score (nSPS) is 18.7. The molecule has 0 saturated heterocycles. The van der Waals surface area contributed by atoms with Gasteiger partial charge in [-0.15, -0.1) is 0 Å². The highest BCUT2D eigenvalue weighted by Crippen LogP contribution is 2.25. The van der Waals surface area contributed by atoms with Gasteiger partial charge in [-0.25, -0.2) is 0 Å². The highest BCUT2D eigenvalue weighted by Gasteiger charge is 2.26. The van der Waals surface area contributed by atoms with Gasteiger partial charge < -0.3 is 11.1 Å². The first kappa shape index (κ1) is 14.8. The smallest absolute Gasteiger partial charge is 0.234 e. The minimum atomic E-state index is -0.259. The van der Waals surface area contributed by atoms with Crippen LogP contribution in [0.1, 0.15) is 44.9 Å². The summed E-state index contributed by atoms with van der Waals surface area (Å²) >= 11 is 0. The van der Waals surface area contributed by atoms with Gasteiger partial charge in [0.15, 0.2) is 0 Å². The van der Waals surface area contributed by atoms with E-state index < -0.39 is 0 Å². The van der Waals surface area contributed by atoms with Crippen molar-refractivity contribution >= 4 is 5.91 Å². The van der Waals surface area contributed by atoms with E-state index in [1.807, 2.05) is 0 Å². The fraction of sp³-hybridized carbons (Fsp3) is 0.917. The summed E-state index contributed by atoms with van der Waals surface area (Å²) in [6.45, 7) is 1.13. The summed E-state index contributed by atoms with van der Waals surface area (Å²) in [5.41, 5.74) is 13.6. The van der Waals surface area contributed by atoms with Crippen LogP contribution < -0.4 is 11.1 Å². The molecule has 3 N–H and O–H groups in total. The van der Waals surface area contributed by atoms with Crippen LogP contribution in [-0.2, 0) is 4.79 Å². The molecule has 1 atom stereocenters. The van der Waals surface area contributed by atoms with Crippen LogP contribution in [0.3, 0.4) is 0 Å². The SMILES string of the molecule is [N-]=[N+]=NCCCNC(C(N)=O)C1CCCCCC1. The molecule has 1 unspecified atom stereocenters. The van der Waals surface area contributed by atoms with E-state index in [4.69, 9.17) is 11.3 Å². The van der Waals surface area contributed by atoms with Gasteiger partial charge in [0.05, 0.1) is 6.04 Å². The predicted molar refractivity (Wildman–Crippen MR) is 70.8 cm³/mol. The van der Waals surface area contributed by atoms with Gasteiger partial charge in [0, 0.05) is 11.5 Å². The zero-order chi connectivity index (χ0) is 13.2. The number of hydrogen-bond acceptors (Lipinski definition) is 3. The van der Waals surface area contributed by atoms with E-state index in [-0.39, 0.29) is 11.9 Å². The lowest BCUT2D eigenvalue weighted by atomic mass is 9.91. The molecule has 0 aliphatic heterocycles. The summed E-state index contributed by atoms with van der Waals surface area (Å²) in [6.07, 6.45) is 7.80. The molecule has 1 fully saturated rings. The zero-order valence-electron chi connectivity index (χ0n) is 10.8. The van der Waals surface area contributed by atoms with E-state index in [0.29, 0.717) is 19.0 Å². The summed E-state index contributed by atoms with van der Waals surface area (Å²) in [7, 11) is 0. The number of primary amides is 1. The molecular formula is C12H23N5O. The molecule has 1 aliphatic rings. The Morgan fingerprint density at radius 2 is 2.06 bits per heavy atom. The maximum Gasteiger partial charge on any atom is 0.234 e. The second-order valence-electron chi connectivity index (χ2n) is 4.89. The molecule has 0 spiro atoms. The number of nitrogens with zero attached hydrogens (tertiary/aromatic N) is 3. The Morgan fingerprint density at radius 3 is 2.61 bits per heavy atom. The van der Waals surface area contributed by atoms with Gasteiger partial charge in [-0.3, -0.25) is 4.79 Å². The molecule has 1 aliphatic carbocycles. The lowest BCUT2D eigenvalue weighted by Gasteiger charge is -2.24. The lowest BCUT2D eigenvalue weighted by Crippen LogP contribution is -2.47. The van der Waals surface area contributed by atoms with Crippen molar-refractivity contribution in [3.05, 3.63) is 10.4 Å². The number of nitrogens with two attached hydrogens (primary N) is 1. The van der Waals surface area contributed by atoms with Gasteiger partial charge in [-0.2, -0.15) is 0 Å². The van der Waals surface area contributed by atoms with Crippen molar-refractivity contribution in [3.8, 4) is 0 Å². The molecule has 1 saturated carbocycles. The second kappa shape index (κ2) is 8.78. The fourth-order valence-corrected chi connectivity index (χ4v) is 2.60. The minimum Gasteiger partial charge on any atom is -0.368 e. The predicted octanol–water partition coefficient (Wildman–Crippen LogP) is 2.10. The average Bonchev–Trinajstić information content (AvgIpc) is 2.62. The molecule has 0 aromatic carbocycles. The molecule has 0 aromatic rings. The maximum absolute atomic E-state index is 11.5. The van der Waals surface area contributed by atoms with E-state index in [2.05, 4.69) is 15.3 Å². The Morgan fingerprint density at radius 1 is 1.39 bits per heavy atom. The van der Waals surface area contributed by atoms with Gasteiger partial charge in [-0.1, -0.05) is 30.8 Å². The highest BCUT2D eigenvalue weighted by molar-refractivity contribution is 5.80. The van der Waals surface area contributed by atoms with Crippen LogP contribution in [0.2, 0.25) is 0 Å². The van der Waals surface area contributed by atoms with Crippen molar-refractivity contribution in [1.82, 2.24) is 5.32 Å². The first-order valence-corrected chi connectivity index (χ1v) is 6.79. The molecule has 1 amide bonds. The van der Waals surface area contributed by atoms with E-state index in [9.17, 15) is 4.79 Å². The fourth-order valence-electron chi connectivity index (χ4n) is 2.60. The Balaban J connectivity index is 2.37. The standard InChI is InChI=1S/C12H23N5O/c13-12(18)11(15-8-5-9-16-17-14)10-6-3-1-2-4-7-10/h10-11,15H,1-9H2,(H2,13,18). The van der Waals surface area contributed by atoms with E-state index in [0.717, 1.165) is 19.3 Å². The number of azide groups is 1. The van der Waals surface area contributed by atoms with Crippen LogP contribution in [0.25, 0.3) is 10.4 Å². The third-order valence-electron chi connectivity index (χ3n) is 3.54. The van der Waals surface area contributed by atoms with Crippen molar-refractivity contribution in [2.75, 3.05) is 13.1 Å². The van der Waals surface area contributed by atoms with Gasteiger partial charge in [-0.05, 0) is 37.3 Å².